The van der Waals surface area contributed by atoms with Gasteiger partial charge >= 0.3 is 0 Å². The Morgan fingerprint density at radius 1 is 1.30 bits per heavy atom. The van der Waals surface area contributed by atoms with Gasteiger partial charge in [-0.2, -0.15) is 0 Å². The number of primary amides is 1. The summed E-state index contributed by atoms with van der Waals surface area (Å²) in [6.45, 7) is 6.11. The second kappa shape index (κ2) is 6.61. The first kappa shape index (κ1) is 16.5. The van der Waals surface area contributed by atoms with Crippen LogP contribution >= 0.6 is 11.3 Å². The summed E-state index contributed by atoms with van der Waals surface area (Å²) in [5.74, 6) is 0.268. The number of thiophene rings is 1. The fourth-order valence-electron chi connectivity index (χ4n) is 3.55. The molecule has 1 atom stereocenters. The summed E-state index contributed by atoms with van der Waals surface area (Å²) in [5.41, 5.74) is 7.14. The van der Waals surface area contributed by atoms with Crippen molar-refractivity contribution >= 4 is 28.2 Å². The zero-order valence-electron chi connectivity index (χ0n) is 13.9. The number of amides is 2. The average molecular weight is 335 g/mol. The Balaban J connectivity index is 1.72. The number of nitrogens with zero attached hydrogens (tertiary/aromatic N) is 1. The molecule has 0 bridgehead atoms. The van der Waals surface area contributed by atoms with Gasteiger partial charge in [0, 0.05) is 4.88 Å². The van der Waals surface area contributed by atoms with E-state index in [1.807, 2.05) is 6.92 Å². The number of carbonyl (C=O) groups is 2. The van der Waals surface area contributed by atoms with E-state index in [2.05, 4.69) is 17.1 Å². The van der Waals surface area contributed by atoms with Crippen LogP contribution in [0.15, 0.2) is 0 Å². The quantitative estimate of drug-likeness (QED) is 0.887. The van der Waals surface area contributed by atoms with E-state index < -0.39 is 5.91 Å². The van der Waals surface area contributed by atoms with Gasteiger partial charge in [-0.1, -0.05) is 6.92 Å². The molecule has 2 amide bonds. The van der Waals surface area contributed by atoms with Crippen LogP contribution in [-0.4, -0.2) is 35.8 Å². The first-order chi connectivity index (χ1) is 11.0. The van der Waals surface area contributed by atoms with Gasteiger partial charge in [-0.15, -0.1) is 11.3 Å². The second-order valence-corrected chi connectivity index (χ2v) is 7.91. The molecule has 0 spiro atoms. The lowest BCUT2D eigenvalue weighted by atomic mass is 9.98. The van der Waals surface area contributed by atoms with Crippen molar-refractivity contribution in [1.82, 2.24) is 4.90 Å². The second-order valence-electron chi connectivity index (χ2n) is 6.81. The minimum atomic E-state index is -0.431. The monoisotopic (exact) mass is 335 g/mol. The lowest BCUT2D eigenvalue weighted by molar-refractivity contribution is -0.121. The van der Waals surface area contributed by atoms with Crippen LogP contribution in [0, 0.1) is 5.92 Å². The zero-order chi connectivity index (χ0) is 16.6. The normalized spacial score (nSPS) is 20.3. The fraction of sp³-hybridized carbons (Fsp3) is 0.647. The standard InChI is InChI=1S/C17H25N3O2S/c1-10-6-8-20(9-7-10)11(2)16(22)19-17-14(15(18)21)12-4-3-5-13(12)23-17/h10-11H,3-9H2,1-2H3,(H2,18,21)(H,19,22). The molecule has 3 rings (SSSR count). The Kier molecular flexibility index (Phi) is 4.73. The van der Waals surface area contributed by atoms with Crippen molar-refractivity contribution in [3.63, 3.8) is 0 Å². The maximum atomic E-state index is 12.6. The summed E-state index contributed by atoms with van der Waals surface area (Å²) in [6, 6.07) is -0.180. The maximum absolute atomic E-state index is 12.6. The molecule has 5 nitrogen and oxygen atoms in total. The molecule has 0 aromatic carbocycles. The number of hydrogen-bond acceptors (Lipinski definition) is 4. The first-order valence-corrected chi connectivity index (χ1v) is 9.28. The highest BCUT2D eigenvalue weighted by Gasteiger charge is 2.29. The molecule has 1 aliphatic carbocycles. The van der Waals surface area contributed by atoms with E-state index in [1.54, 1.807) is 0 Å². The molecule has 126 valence electrons. The van der Waals surface area contributed by atoms with Gasteiger partial charge in [-0.25, -0.2) is 0 Å². The topological polar surface area (TPSA) is 75.4 Å². The smallest absolute Gasteiger partial charge is 0.251 e. The molecule has 0 saturated carbocycles. The number of carbonyl (C=O) groups excluding carboxylic acids is 2. The van der Waals surface area contributed by atoms with Crippen molar-refractivity contribution in [2.45, 2.75) is 52.0 Å². The molecule has 1 aromatic heterocycles. The van der Waals surface area contributed by atoms with E-state index in [-0.39, 0.29) is 11.9 Å². The van der Waals surface area contributed by atoms with E-state index in [9.17, 15) is 9.59 Å². The number of fused-ring (bicyclic) bond motifs is 1. The van der Waals surface area contributed by atoms with E-state index in [1.165, 1.54) is 16.2 Å². The molecule has 6 heteroatoms. The minimum absolute atomic E-state index is 0.0398. The number of aryl methyl sites for hydroxylation is 1. The molecule has 2 aliphatic rings. The van der Waals surface area contributed by atoms with Gasteiger partial charge in [-0.05, 0) is 63.6 Å². The van der Waals surface area contributed by atoms with Gasteiger partial charge in [-0.3, -0.25) is 14.5 Å². The highest BCUT2D eigenvalue weighted by atomic mass is 32.1. The van der Waals surface area contributed by atoms with Crippen molar-refractivity contribution in [2.75, 3.05) is 18.4 Å². The van der Waals surface area contributed by atoms with Crippen LogP contribution in [-0.2, 0) is 17.6 Å². The van der Waals surface area contributed by atoms with Gasteiger partial charge in [0.05, 0.1) is 11.6 Å². The summed E-state index contributed by atoms with van der Waals surface area (Å²) in [4.78, 5) is 27.8. The number of nitrogens with one attached hydrogen (secondary N) is 1. The van der Waals surface area contributed by atoms with Crippen molar-refractivity contribution in [2.24, 2.45) is 11.7 Å². The Labute approximate surface area is 141 Å². The molecule has 1 aromatic rings. The highest BCUT2D eigenvalue weighted by Crippen LogP contribution is 2.39. The zero-order valence-corrected chi connectivity index (χ0v) is 14.7. The summed E-state index contributed by atoms with van der Waals surface area (Å²) in [7, 11) is 0. The lowest BCUT2D eigenvalue weighted by Crippen LogP contribution is -2.45. The molecule has 1 fully saturated rings. The molecule has 3 N–H and O–H groups in total. The molecule has 1 aliphatic heterocycles. The fourth-order valence-corrected chi connectivity index (χ4v) is 4.85. The molecule has 1 saturated heterocycles. The molecule has 2 heterocycles. The Hall–Kier alpha value is -1.40. The number of rotatable bonds is 4. The summed E-state index contributed by atoms with van der Waals surface area (Å²) >= 11 is 1.52. The van der Waals surface area contributed by atoms with Crippen LogP contribution in [0.4, 0.5) is 5.00 Å². The van der Waals surface area contributed by atoms with Crippen molar-refractivity contribution in [3.05, 3.63) is 16.0 Å². The van der Waals surface area contributed by atoms with Crippen LogP contribution < -0.4 is 11.1 Å². The van der Waals surface area contributed by atoms with Crippen LogP contribution in [0.5, 0.6) is 0 Å². The number of nitrogens with two attached hydrogens (primary N) is 1. The largest absolute Gasteiger partial charge is 0.365 e. The van der Waals surface area contributed by atoms with Crippen LogP contribution in [0.25, 0.3) is 0 Å². The SMILES string of the molecule is CC1CCN(C(C)C(=O)Nc2sc3c(c2C(N)=O)CCC3)CC1. The first-order valence-electron chi connectivity index (χ1n) is 8.46. The van der Waals surface area contributed by atoms with Gasteiger partial charge < -0.3 is 11.1 Å². The minimum Gasteiger partial charge on any atom is -0.365 e. The van der Waals surface area contributed by atoms with E-state index >= 15 is 0 Å². The Bertz CT molecular complexity index is 618. The Morgan fingerprint density at radius 3 is 2.65 bits per heavy atom. The van der Waals surface area contributed by atoms with Crippen molar-refractivity contribution < 1.29 is 9.59 Å². The predicted molar refractivity (Wildman–Crippen MR) is 92.9 cm³/mol. The van der Waals surface area contributed by atoms with E-state index in [0.29, 0.717) is 10.6 Å². The van der Waals surface area contributed by atoms with E-state index in [4.69, 9.17) is 5.73 Å². The van der Waals surface area contributed by atoms with Crippen LogP contribution in [0.3, 0.4) is 0 Å². The summed E-state index contributed by atoms with van der Waals surface area (Å²) < 4.78 is 0. The molecular formula is C17H25N3O2S. The molecule has 23 heavy (non-hydrogen) atoms. The predicted octanol–water partition coefficient (Wildman–Crippen LogP) is 2.39. The summed E-state index contributed by atoms with van der Waals surface area (Å²) in [6.07, 6.45) is 5.21. The van der Waals surface area contributed by atoms with Gasteiger partial charge in [0.15, 0.2) is 0 Å². The van der Waals surface area contributed by atoms with Gasteiger partial charge in [0.25, 0.3) is 5.91 Å². The number of likely N-dealkylation sites (tertiary alicyclic amines) is 1. The van der Waals surface area contributed by atoms with Crippen LogP contribution in [0.1, 0.15) is 53.9 Å². The number of anilines is 1. The van der Waals surface area contributed by atoms with Gasteiger partial charge in [0.2, 0.25) is 5.91 Å². The highest BCUT2D eigenvalue weighted by molar-refractivity contribution is 7.17. The number of piperidine rings is 1. The molecular weight excluding hydrogens is 310 g/mol. The lowest BCUT2D eigenvalue weighted by Gasteiger charge is -2.34. The van der Waals surface area contributed by atoms with Gasteiger partial charge in [0.1, 0.15) is 5.00 Å². The van der Waals surface area contributed by atoms with Crippen molar-refractivity contribution in [3.8, 4) is 0 Å². The third kappa shape index (κ3) is 3.28. The van der Waals surface area contributed by atoms with Crippen LogP contribution in [0.2, 0.25) is 0 Å². The Morgan fingerprint density at radius 2 is 2.00 bits per heavy atom. The average Bonchev–Trinajstić information content (AvgIpc) is 3.07. The van der Waals surface area contributed by atoms with E-state index in [0.717, 1.165) is 56.7 Å². The van der Waals surface area contributed by atoms with Crippen molar-refractivity contribution in [1.29, 1.82) is 0 Å². The maximum Gasteiger partial charge on any atom is 0.251 e. The third-order valence-electron chi connectivity index (χ3n) is 5.15. The summed E-state index contributed by atoms with van der Waals surface area (Å²) in [5, 5.41) is 3.61. The molecule has 0 radical (unpaired) electrons. The third-order valence-corrected chi connectivity index (χ3v) is 6.36. The molecule has 1 unspecified atom stereocenters. The number of hydrogen-bond donors (Lipinski definition) is 2.